The molecule has 23 heteroatoms. The number of allylic oxidation sites excluding steroid dienone is 7. The smallest absolute Gasteiger partial charge is 0.748 e. The van der Waals surface area contributed by atoms with Gasteiger partial charge in [0.1, 0.15) is 26.8 Å². The second kappa shape index (κ2) is 23.9. The number of unbranched alkanes of at least 4 members (excludes halogenated alkanes) is 2. The SMILES string of the molecule is CN(C)c1ccc(SC2=C(/C=C/C3=[N+](CCCCCC(=O)ON4C(=O)CCC4=O)c4ccc(S(=O)(=O)[O-])cc4C3(C)C)CCC/C2=C\C=C2\N(CCS(=O)(=O)[O-])c3ccc(S(=O)(=O)[O-])cc3C2(C)C)cc1.[Na+].[Na+]. The van der Waals surface area contributed by atoms with E-state index in [9.17, 15) is 53.3 Å². The normalized spacial score (nSPS) is 18.6. The van der Waals surface area contributed by atoms with E-state index in [0.29, 0.717) is 66.2 Å². The molecule has 0 radical (unpaired) electrons. The zero-order valence-corrected chi connectivity index (χ0v) is 49.6. The summed E-state index contributed by atoms with van der Waals surface area (Å²) in [6.45, 7) is 7.84. The molecule has 17 nitrogen and oxygen atoms in total. The molecule has 3 aromatic carbocycles. The van der Waals surface area contributed by atoms with Crippen LogP contribution in [0, 0.1) is 0 Å². The van der Waals surface area contributed by atoms with Crippen LogP contribution in [0.25, 0.3) is 0 Å². The van der Waals surface area contributed by atoms with Gasteiger partial charge in [0.2, 0.25) is 5.69 Å². The Kier molecular flexibility index (Phi) is 19.8. The van der Waals surface area contributed by atoms with E-state index in [0.717, 1.165) is 44.5 Å². The van der Waals surface area contributed by atoms with Gasteiger partial charge in [0.15, 0.2) is 5.71 Å². The van der Waals surface area contributed by atoms with Crippen molar-refractivity contribution in [1.82, 2.24) is 5.06 Å². The summed E-state index contributed by atoms with van der Waals surface area (Å²) in [5, 5.41) is 0.528. The third-order valence-corrected chi connectivity index (χ3v) is 16.8. The Balaban J connectivity index is 0.00000494. The van der Waals surface area contributed by atoms with E-state index in [1.165, 1.54) is 30.3 Å². The van der Waals surface area contributed by atoms with Crippen LogP contribution < -0.4 is 68.9 Å². The maximum Gasteiger partial charge on any atom is 1.00 e. The summed E-state index contributed by atoms with van der Waals surface area (Å²) < 4.78 is 111. The molecule has 3 heterocycles. The molecule has 7 rings (SSSR count). The number of amides is 2. The summed E-state index contributed by atoms with van der Waals surface area (Å²) in [6, 6.07) is 16.4. The van der Waals surface area contributed by atoms with Gasteiger partial charge in [0.25, 0.3) is 11.8 Å². The van der Waals surface area contributed by atoms with Crippen molar-refractivity contribution in [2.24, 2.45) is 0 Å². The molecular weight excluding hydrogens is 1040 g/mol. The van der Waals surface area contributed by atoms with Gasteiger partial charge in [-0.3, -0.25) is 9.59 Å². The van der Waals surface area contributed by atoms with Gasteiger partial charge in [-0.2, -0.15) is 4.58 Å². The summed E-state index contributed by atoms with van der Waals surface area (Å²) in [5.41, 5.74) is 5.00. The van der Waals surface area contributed by atoms with Gasteiger partial charge in [-0.05, 0) is 123 Å². The number of hydroxylamine groups is 2. The number of nitrogens with zero attached hydrogens (tertiary/aromatic N) is 4. The molecule has 1 saturated heterocycles. The van der Waals surface area contributed by atoms with E-state index < -0.39 is 69.6 Å². The van der Waals surface area contributed by atoms with Gasteiger partial charge >= 0.3 is 65.1 Å². The number of thioether (sulfide) groups is 1. The van der Waals surface area contributed by atoms with Crippen LogP contribution in [0.3, 0.4) is 0 Å². The molecule has 3 aromatic rings. The minimum atomic E-state index is -4.83. The first-order chi connectivity index (χ1) is 33.2. The molecule has 2 amide bonds. The number of imide groups is 1. The van der Waals surface area contributed by atoms with Gasteiger partial charge < -0.3 is 28.3 Å². The van der Waals surface area contributed by atoms with Crippen LogP contribution in [-0.2, 0) is 60.4 Å². The Morgan fingerprint density at radius 1 is 0.767 bits per heavy atom. The quantitative estimate of drug-likeness (QED) is 0.0568. The Labute approximate surface area is 476 Å². The molecule has 4 aliphatic rings. The van der Waals surface area contributed by atoms with Crippen LogP contribution in [0.1, 0.15) is 96.6 Å². The molecule has 0 atom stereocenters. The second-order valence-electron chi connectivity index (χ2n) is 19.1. The number of carbonyl (C=O) groups excluding carboxylic acids is 3. The van der Waals surface area contributed by atoms with E-state index in [2.05, 4.69) is 10.7 Å². The van der Waals surface area contributed by atoms with Crippen molar-refractivity contribution in [2.45, 2.75) is 111 Å². The predicted octanol–water partition coefficient (Wildman–Crippen LogP) is 1.05. The average molecular weight is 1100 g/mol. The van der Waals surface area contributed by atoms with E-state index in [1.54, 1.807) is 22.7 Å². The Bertz CT molecular complexity index is 3170. The first-order valence-electron chi connectivity index (χ1n) is 23.1. The molecule has 0 saturated carbocycles. The number of carbonyl (C=O) groups is 3. The van der Waals surface area contributed by atoms with Gasteiger partial charge in [0.05, 0.1) is 31.1 Å². The van der Waals surface area contributed by atoms with Gasteiger partial charge in [-0.1, -0.05) is 37.8 Å². The number of hydrogen-bond acceptors (Lipinski definition) is 16. The molecule has 380 valence electrons. The first-order valence-corrected chi connectivity index (χ1v) is 28.3. The molecule has 1 fully saturated rings. The van der Waals surface area contributed by atoms with Gasteiger partial charge in [0, 0.05) is 96.3 Å². The topological polar surface area (TPSA) is 245 Å². The minimum absolute atomic E-state index is 0. The molecule has 0 N–H and O–H groups in total. The van der Waals surface area contributed by atoms with Crippen LogP contribution in [0.4, 0.5) is 17.1 Å². The maximum absolute atomic E-state index is 12.5. The van der Waals surface area contributed by atoms with Crippen molar-refractivity contribution in [1.29, 1.82) is 0 Å². The molecule has 0 aromatic heterocycles. The number of hydrogen-bond donors (Lipinski definition) is 0. The van der Waals surface area contributed by atoms with Crippen LogP contribution >= 0.6 is 11.8 Å². The van der Waals surface area contributed by atoms with Crippen molar-refractivity contribution in [3.8, 4) is 0 Å². The van der Waals surface area contributed by atoms with Crippen LogP contribution in [-0.4, -0.2) is 105 Å². The number of rotatable bonds is 18. The van der Waals surface area contributed by atoms with Crippen LogP contribution in [0.2, 0.25) is 0 Å². The molecule has 0 unspecified atom stereocenters. The summed E-state index contributed by atoms with van der Waals surface area (Å²) >= 11 is 1.57. The largest absolute Gasteiger partial charge is 1.00 e. The molecule has 73 heavy (non-hydrogen) atoms. The fourth-order valence-electron chi connectivity index (χ4n) is 9.47. The van der Waals surface area contributed by atoms with E-state index in [-0.39, 0.29) is 89.8 Å². The standard InChI is InChI=1S/C50H58N4O13S4.2Na/c1-49(2)39-31-37(70(61,62)63)20-22-41(39)52(28-9-7-8-13-47(57)67-54-45(55)26-27-46(54)56)43(49)24-14-33-11-10-12-34(48(33)68-36-18-16-35(17-19-36)51(5)6)15-25-44-50(3,4)40-32-38(71(64,65)66)21-23-42(40)53(44)29-30-69(58,59)60;;/h14-25,31-32H,7-13,26-30H2,1-6H3,(H2-,58,59,60,61,62,63,64,65,66);;/q;2*+1/p-2. The summed E-state index contributed by atoms with van der Waals surface area (Å²) in [6.07, 6.45) is 11.5. The third-order valence-electron chi connectivity index (χ3n) is 13.3. The number of fused-ring (bicyclic) bond motifs is 2. The van der Waals surface area contributed by atoms with Crippen molar-refractivity contribution < 1.29 is 122 Å². The molecule has 1 aliphatic carbocycles. The average Bonchev–Trinajstić information content (AvgIpc) is 3.80. The zero-order valence-electron chi connectivity index (χ0n) is 42.3. The van der Waals surface area contributed by atoms with Crippen molar-refractivity contribution in [2.75, 3.05) is 42.7 Å². The van der Waals surface area contributed by atoms with E-state index in [4.69, 9.17) is 4.84 Å². The third kappa shape index (κ3) is 14.0. The Morgan fingerprint density at radius 3 is 1.99 bits per heavy atom. The molecule has 0 bridgehead atoms. The van der Waals surface area contributed by atoms with Crippen molar-refractivity contribution in [3.05, 3.63) is 118 Å². The first kappa shape index (κ1) is 60.4. The van der Waals surface area contributed by atoms with Crippen molar-refractivity contribution >= 4 is 82.7 Å². The Hall–Kier alpha value is -3.42. The maximum atomic E-state index is 12.5. The van der Waals surface area contributed by atoms with E-state index in [1.807, 2.05) is 89.2 Å². The van der Waals surface area contributed by atoms with Crippen molar-refractivity contribution in [3.63, 3.8) is 0 Å². The summed E-state index contributed by atoms with van der Waals surface area (Å²) in [4.78, 5) is 46.2. The van der Waals surface area contributed by atoms with Gasteiger partial charge in [-0.25, -0.2) is 30.0 Å². The second-order valence-corrected chi connectivity index (χ2v) is 24.5. The van der Waals surface area contributed by atoms with Crippen LogP contribution in [0.5, 0.6) is 0 Å². The van der Waals surface area contributed by atoms with E-state index >= 15 is 0 Å². The van der Waals surface area contributed by atoms with Gasteiger partial charge in [-0.15, -0.1) is 5.06 Å². The van der Waals surface area contributed by atoms with Crippen LogP contribution in [0.15, 0.2) is 121 Å². The molecule has 3 aliphatic heterocycles. The molecule has 0 spiro atoms. The number of anilines is 2. The predicted molar refractivity (Wildman–Crippen MR) is 265 cm³/mol. The fourth-order valence-corrected chi connectivity index (χ4v) is 12.0. The minimum Gasteiger partial charge on any atom is -0.748 e. The summed E-state index contributed by atoms with van der Waals surface area (Å²) in [7, 11) is -10.4. The summed E-state index contributed by atoms with van der Waals surface area (Å²) in [5.74, 6) is -2.52. The molecular formula is C50H56N4Na2O13S4. The number of benzene rings is 3. The Morgan fingerprint density at radius 2 is 1.38 bits per heavy atom. The monoisotopic (exact) mass is 1090 g/mol. The fraction of sp³-hybridized carbons (Fsp3) is 0.400. The zero-order chi connectivity index (χ0) is 51.8.